The molecule has 0 saturated heterocycles. The first-order valence-electron chi connectivity index (χ1n) is 4.85. The maximum Gasteiger partial charge on any atom is 0.171 e. The van der Waals surface area contributed by atoms with Crippen LogP contribution in [0.4, 0.5) is 0 Å². The largest absolute Gasteiger partial charge is 0.307 e. The second kappa shape index (κ2) is 6.29. The van der Waals surface area contributed by atoms with Gasteiger partial charge in [-0.1, -0.05) is 59.6 Å². The molecule has 2 nitrogen and oxygen atoms in total. The summed E-state index contributed by atoms with van der Waals surface area (Å²) in [6, 6.07) is 9.78. The summed E-state index contributed by atoms with van der Waals surface area (Å²) in [5.41, 5.74) is 12.3. The molecule has 0 fully saturated rings. The molecule has 0 aromatic heterocycles. The Hall–Kier alpha value is -0.220. The van der Waals surface area contributed by atoms with Gasteiger partial charge in [-0.05, 0) is 23.3 Å². The van der Waals surface area contributed by atoms with Gasteiger partial charge in [-0.3, -0.25) is 0 Å². The van der Waals surface area contributed by atoms with Crippen LogP contribution in [0.1, 0.15) is 5.56 Å². The summed E-state index contributed by atoms with van der Waals surface area (Å²) in [5, 5.41) is 0. The van der Waals surface area contributed by atoms with E-state index in [4.69, 9.17) is 34.7 Å². The molecule has 6 heteroatoms. The normalized spacial score (nSPS) is 19.2. The van der Waals surface area contributed by atoms with Gasteiger partial charge in [0.2, 0.25) is 0 Å². The number of allylic oxidation sites excluding steroid dienone is 2. The Morgan fingerprint density at radius 2 is 1.50 bits per heavy atom. The molecule has 0 heterocycles. The highest BCUT2D eigenvalue weighted by atomic mass is 35.5. The van der Waals surface area contributed by atoms with Crippen LogP contribution in [-0.4, -0.2) is 10.00 Å². The number of hydrogen-bond donors (Lipinski definition) is 2. The lowest BCUT2D eigenvalue weighted by Crippen LogP contribution is -2.60. The van der Waals surface area contributed by atoms with Gasteiger partial charge in [0.15, 0.2) is 4.33 Å². The van der Waals surface area contributed by atoms with Crippen LogP contribution in [0.25, 0.3) is 5.57 Å². The van der Waals surface area contributed by atoms with Crippen molar-refractivity contribution in [2.75, 3.05) is 0 Å². The summed E-state index contributed by atoms with van der Waals surface area (Å²) in [6.45, 7) is 0. The predicted molar refractivity (Wildman–Crippen MR) is 83.6 cm³/mol. The number of rotatable bonds is 1. The standard InChI is InChI=1S/C12H12Cl2N2.2ClH/c13-11(14)8-10(6-7-12(11,15)16)9-4-2-1-3-5-9;;/h1-8H,15-16H2;2*1H. The van der Waals surface area contributed by atoms with Crippen LogP contribution in [0.3, 0.4) is 0 Å². The topological polar surface area (TPSA) is 52.0 Å². The molecule has 0 radical (unpaired) electrons. The lowest BCUT2D eigenvalue weighted by Gasteiger charge is -2.35. The average molecular weight is 328 g/mol. The molecule has 1 aromatic carbocycles. The molecule has 0 aliphatic heterocycles. The summed E-state index contributed by atoms with van der Waals surface area (Å²) >= 11 is 12.2. The van der Waals surface area contributed by atoms with Crippen molar-refractivity contribution in [2.45, 2.75) is 10.00 Å². The Kier molecular flexibility index (Phi) is 6.21. The van der Waals surface area contributed by atoms with E-state index in [2.05, 4.69) is 0 Å². The van der Waals surface area contributed by atoms with Crippen LogP contribution >= 0.6 is 48.0 Å². The molecule has 1 aliphatic carbocycles. The SMILES string of the molecule is Cl.Cl.NC1(N)C=CC(c2ccccc2)=CC1(Cl)Cl. The Labute approximate surface area is 129 Å². The second-order valence-corrected chi connectivity index (χ2v) is 5.24. The molecule has 0 bridgehead atoms. The molecule has 100 valence electrons. The minimum absolute atomic E-state index is 0. The van der Waals surface area contributed by atoms with E-state index in [1.807, 2.05) is 36.4 Å². The molecule has 18 heavy (non-hydrogen) atoms. The van der Waals surface area contributed by atoms with Crippen LogP contribution in [0.2, 0.25) is 0 Å². The molecule has 0 unspecified atom stereocenters. The van der Waals surface area contributed by atoms with E-state index in [1.165, 1.54) is 0 Å². The van der Waals surface area contributed by atoms with Crippen molar-refractivity contribution in [3.05, 3.63) is 54.1 Å². The fourth-order valence-corrected chi connectivity index (χ4v) is 1.88. The first-order valence-corrected chi connectivity index (χ1v) is 5.61. The van der Waals surface area contributed by atoms with Crippen molar-refractivity contribution in [3.63, 3.8) is 0 Å². The van der Waals surface area contributed by atoms with Crippen LogP contribution in [-0.2, 0) is 0 Å². The Bertz CT molecular complexity index is 452. The molecule has 1 aliphatic rings. The van der Waals surface area contributed by atoms with Gasteiger partial charge >= 0.3 is 0 Å². The number of halogens is 4. The van der Waals surface area contributed by atoms with Gasteiger partial charge < -0.3 is 11.5 Å². The first kappa shape index (κ1) is 17.8. The second-order valence-electron chi connectivity index (χ2n) is 3.86. The van der Waals surface area contributed by atoms with E-state index in [0.717, 1.165) is 11.1 Å². The Morgan fingerprint density at radius 1 is 0.944 bits per heavy atom. The average Bonchev–Trinajstić information content (AvgIpc) is 2.23. The van der Waals surface area contributed by atoms with E-state index in [1.54, 1.807) is 12.2 Å². The molecule has 1 aromatic rings. The van der Waals surface area contributed by atoms with Crippen molar-refractivity contribution in [1.82, 2.24) is 0 Å². The molecule has 4 N–H and O–H groups in total. The highest BCUT2D eigenvalue weighted by molar-refractivity contribution is 6.51. The highest BCUT2D eigenvalue weighted by Crippen LogP contribution is 2.38. The smallest absolute Gasteiger partial charge is 0.171 e. The van der Waals surface area contributed by atoms with Crippen LogP contribution < -0.4 is 11.5 Å². The predicted octanol–water partition coefficient (Wildman–Crippen LogP) is 3.27. The zero-order chi connectivity index (χ0) is 11.8. The molecule has 0 saturated carbocycles. The Balaban J connectivity index is 0.00000144. The third-order valence-electron chi connectivity index (χ3n) is 2.56. The lowest BCUT2D eigenvalue weighted by molar-refractivity contribution is 0.531. The van der Waals surface area contributed by atoms with E-state index < -0.39 is 10.00 Å². The summed E-state index contributed by atoms with van der Waals surface area (Å²) in [7, 11) is 0. The lowest BCUT2D eigenvalue weighted by atomic mass is 9.93. The van der Waals surface area contributed by atoms with E-state index in [-0.39, 0.29) is 24.8 Å². The van der Waals surface area contributed by atoms with Crippen LogP contribution in [0.5, 0.6) is 0 Å². The van der Waals surface area contributed by atoms with E-state index in [0.29, 0.717) is 0 Å². The number of hydrogen-bond acceptors (Lipinski definition) is 2. The quantitative estimate of drug-likeness (QED) is 0.614. The number of benzene rings is 1. The van der Waals surface area contributed by atoms with Gasteiger partial charge in [0.1, 0.15) is 5.66 Å². The van der Waals surface area contributed by atoms with Crippen molar-refractivity contribution in [1.29, 1.82) is 0 Å². The first-order chi connectivity index (χ1) is 7.42. The third kappa shape index (κ3) is 3.41. The van der Waals surface area contributed by atoms with Gasteiger partial charge in [-0.2, -0.15) is 0 Å². The fourth-order valence-electron chi connectivity index (χ4n) is 1.52. The summed E-state index contributed by atoms with van der Waals surface area (Å²) < 4.78 is -1.30. The summed E-state index contributed by atoms with van der Waals surface area (Å²) in [6.07, 6.45) is 5.12. The van der Waals surface area contributed by atoms with Crippen molar-refractivity contribution in [3.8, 4) is 0 Å². The molecule has 0 atom stereocenters. The van der Waals surface area contributed by atoms with Gasteiger partial charge in [0.05, 0.1) is 0 Å². The maximum absolute atomic E-state index is 6.10. The Morgan fingerprint density at radius 3 is 2.00 bits per heavy atom. The molecular formula is C12H14Cl4N2. The fraction of sp³-hybridized carbons (Fsp3) is 0.167. The van der Waals surface area contributed by atoms with Crippen LogP contribution in [0.15, 0.2) is 48.6 Å². The molecule has 0 spiro atoms. The molecular weight excluding hydrogens is 314 g/mol. The van der Waals surface area contributed by atoms with Crippen LogP contribution in [0, 0.1) is 0 Å². The van der Waals surface area contributed by atoms with Crippen molar-refractivity contribution in [2.24, 2.45) is 11.5 Å². The monoisotopic (exact) mass is 326 g/mol. The minimum atomic E-state index is -1.30. The minimum Gasteiger partial charge on any atom is -0.307 e. The summed E-state index contributed by atoms with van der Waals surface area (Å²) in [5.74, 6) is 0. The maximum atomic E-state index is 6.10. The third-order valence-corrected chi connectivity index (χ3v) is 3.43. The van der Waals surface area contributed by atoms with Gasteiger partial charge in [-0.15, -0.1) is 24.8 Å². The number of nitrogens with two attached hydrogens (primary N) is 2. The highest BCUT2D eigenvalue weighted by Gasteiger charge is 2.42. The zero-order valence-corrected chi connectivity index (χ0v) is 12.5. The summed E-state index contributed by atoms with van der Waals surface area (Å²) in [4.78, 5) is 0. The molecule has 2 rings (SSSR count). The van der Waals surface area contributed by atoms with E-state index >= 15 is 0 Å². The number of alkyl halides is 2. The van der Waals surface area contributed by atoms with E-state index in [9.17, 15) is 0 Å². The van der Waals surface area contributed by atoms with Gasteiger partial charge in [-0.25, -0.2) is 0 Å². The van der Waals surface area contributed by atoms with Gasteiger partial charge in [0.25, 0.3) is 0 Å². The van der Waals surface area contributed by atoms with Crippen molar-refractivity contribution >= 4 is 53.6 Å². The van der Waals surface area contributed by atoms with Gasteiger partial charge in [0, 0.05) is 0 Å². The van der Waals surface area contributed by atoms with Crippen molar-refractivity contribution < 1.29 is 0 Å². The zero-order valence-electron chi connectivity index (χ0n) is 9.35. The molecule has 0 amide bonds.